The van der Waals surface area contributed by atoms with Gasteiger partial charge in [0.2, 0.25) is 10.0 Å². The van der Waals surface area contributed by atoms with Crippen LogP contribution in [0.25, 0.3) is 0 Å². The number of sulfonamides is 1. The summed E-state index contributed by atoms with van der Waals surface area (Å²) in [6, 6.07) is 6.52. The molecule has 1 fully saturated rings. The molecule has 0 atom stereocenters. The summed E-state index contributed by atoms with van der Waals surface area (Å²) < 4.78 is 47.9. The van der Waals surface area contributed by atoms with Crippen molar-refractivity contribution in [2.45, 2.75) is 30.3 Å². The van der Waals surface area contributed by atoms with Crippen LogP contribution in [0.15, 0.2) is 33.7 Å². The lowest BCUT2D eigenvalue weighted by atomic mass is 9.98. The monoisotopic (exact) mass is 411 g/mol. The lowest BCUT2D eigenvalue weighted by Gasteiger charge is -2.29. The number of benzene rings is 1. The van der Waals surface area contributed by atoms with E-state index in [-0.39, 0.29) is 17.4 Å². The van der Waals surface area contributed by atoms with Gasteiger partial charge in [-0.1, -0.05) is 11.2 Å². The van der Waals surface area contributed by atoms with Gasteiger partial charge in [-0.3, -0.25) is 0 Å². The van der Waals surface area contributed by atoms with Crippen LogP contribution in [0, 0.1) is 0 Å². The smallest absolute Gasteiger partial charge is 0.252 e. The van der Waals surface area contributed by atoms with Gasteiger partial charge in [0.15, 0.2) is 5.82 Å². The van der Waals surface area contributed by atoms with Crippen LogP contribution in [0.1, 0.15) is 30.5 Å². The van der Waals surface area contributed by atoms with Gasteiger partial charge in [0.25, 0.3) is 5.89 Å². The number of hydrogen-bond acceptors (Lipinski definition) is 8. The molecule has 1 aliphatic rings. The lowest BCUT2D eigenvalue weighted by molar-refractivity contribution is 0.0494. The van der Waals surface area contributed by atoms with E-state index in [0.29, 0.717) is 56.6 Å². The topological polar surface area (TPSA) is 104 Å². The van der Waals surface area contributed by atoms with Crippen molar-refractivity contribution in [2.75, 3.05) is 40.5 Å². The van der Waals surface area contributed by atoms with Crippen molar-refractivity contribution in [3.8, 4) is 5.75 Å². The molecule has 2 aromatic rings. The Hall–Kier alpha value is -2.01. The van der Waals surface area contributed by atoms with Gasteiger partial charge in [-0.15, -0.1) is 0 Å². The molecule has 0 saturated carbocycles. The molecule has 1 aromatic carbocycles. The second-order valence-corrected chi connectivity index (χ2v) is 8.39. The average molecular weight is 411 g/mol. The zero-order chi connectivity index (χ0) is 20.0. The summed E-state index contributed by atoms with van der Waals surface area (Å²) in [5.74, 6) is 1.59. The molecule has 9 nitrogen and oxygen atoms in total. The summed E-state index contributed by atoms with van der Waals surface area (Å²) in [5, 5.41) is 4.02. The Kier molecular flexibility index (Phi) is 7.00. The molecular formula is C18H25N3O6S. The third-order valence-electron chi connectivity index (χ3n) is 4.64. The van der Waals surface area contributed by atoms with E-state index in [9.17, 15) is 8.42 Å². The highest BCUT2D eigenvalue weighted by Gasteiger charge is 2.32. The van der Waals surface area contributed by atoms with E-state index in [1.807, 2.05) is 0 Å². The summed E-state index contributed by atoms with van der Waals surface area (Å²) in [6.07, 6.45) is 1.26. The number of ether oxygens (including phenoxy) is 3. The SMILES string of the molecule is COCCOCc1nc(C2CCN(S(=O)(=O)c3cccc(OC)c3)CC2)no1. The highest BCUT2D eigenvalue weighted by molar-refractivity contribution is 7.89. The molecule has 1 aliphatic heterocycles. The van der Waals surface area contributed by atoms with Crippen molar-refractivity contribution in [1.29, 1.82) is 0 Å². The predicted molar refractivity (Wildman–Crippen MR) is 99.6 cm³/mol. The molecule has 2 heterocycles. The zero-order valence-corrected chi connectivity index (χ0v) is 16.9. The second-order valence-electron chi connectivity index (χ2n) is 6.45. The molecule has 0 amide bonds. The van der Waals surface area contributed by atoms with E-state index in [4.69, 9.17) is 18.7 Å². The molecule has 1 aromatic heterocycles. The molecule has 28 heavy (non-hydrogen) atoms. The molecule has 0 N–H and O–H groups in total. The summed E-state index contributed by atoms with van der Waals surface area (Å²) in [7, 11) is -0.436. The summed E-state index contributed by atoms with van der Waals surface area (Å²) >= 11 is 0. The van der Waals surface area contributed by atoms with Gasteiger partial charge in [0, 0.05) is 32.2 Å². The minimum atomic E-state index is -3.56. The van der Waals surface area contributed by atoms with E-state index < -0.39 is 10.0 Å². The van der Waals surface area contributed by atoms with Crippen molar-refractivity contribution in [2.24, 2.45) is 0 Å². The summed E-state index contributed by atoms with van der Waals surface area (Å²) in [4.78, 5) is 4.61. The third-order valence-corrected chi connectivity index (χ3v) is 6.53. The predicted octanol–water partition coefficient (Wildman–Crippen LogP) is 1.81. The standard InChI is InChI=1S/C18H25N3O6S/c1-24-10-11-26-13-17-19-18(20-27-17)14-6-8-21(9-7-14)28(22,23)16-5-3-4-15(12-16)25-2/h3-5,12,14H,6-11,13H2,1-2H3. The van der Waals surface area contributed by atoms with Gasteiger partial charge in [0.1, 0.15) is 12.4 Å². The number of rotatable bonds is 9. The zero-order valence-electron chi connectivity index (χ0n) is 16.0. The molecule has 154 valence electrons. The van der Waals surface area contributed by atoms with Crippen molar-refractivity contribution < 1.29 is 27.2 Å². The Bertz CT molecular complexity index is 862. The molecule has 1 saturated heterocycles. The maximum absolute atomic E-state index is 12.9. The number of methoxy groups -OCH3 is 2. The fourth-order valence-electron chi connectivity index (χ4n) is 3.06. The first kappa shape index (κ1) is 20.7. The van der Waals surface area contributed by atoms with Crippen molar-refractivity contribution >= 4 is 10.0 Å². The molecular weight excluding hydrogens is 386 g/mol. The molecule has 0 spiro atoms. The first-order chi connectivity index (χ1) is 13.5. The van der Waals surface area contributed by atoms with E-state index in [2.05, 4.69) is 10.1 Å². The average Bonchev–Trinajstić information content (AvgIpc) is 3.20. The van der Waals surface area contributed by atoms with Crippen LogP contribution >= 0.6 is 0 Å². The van der Waals surface area contributed by atoms with Gasteiger partial charge < -0.3 is 18.7 Å². The molecule has 0 radical (unpaired) electrons. The van der Waals surface area contributed by atoms with Crippen LogP contribution in [0.4, 0.5) is 0 Å². The van der Waals surface area contributed by atoms with Crippen LogP contribution in [0.2, 0.25) is 0 Å². The largest absolute Gasteiger partial charge is 0.497 e. The number of aromatic nitrogens is 2. The van der Waals surface area contributed by atoms with Crippen molar-refractivity contribution in [3.05, 3.63) is 36.0 Å². The van der Waals surface area contributed by atoms with Crippen LogP contribution < -0.4 is 4.74 Å². The Balaban J connectivity index is 1.57. The second kappa shape index (κ2) is 9.46. The number of nitrogens with zero attached hydrogens (tertiary/aromatic N) is 3. The summed E-state index contributed by atoms with van der Waals surface area (Å²) in [5.41, 5.74) is 0. The Morgan fingerprint density at radius 3 is 2.71 bits per heavy atom. The van der Waals surface area contributed by atoms with E-state index >= 15 is 0 Å². The van der Waals surface area contributed by atoms with Gasteiger partial charge in [0.05, 0.1) is 25.2 Å². The lowest BCUT2D eigenvalue weighted by Crippen LogP contribution is -2.38. The molecule has 0 bridgehead atoms. The van der Waals surface area contributed by atoms with Gasteiger partial charge >= 0.3 is 0 Å². The number of hydrogen-bond donors (Lipinski definition) is 0. The van der Waals surface area contributed by atoms with E-state index in [0.717, 1.165) is 0 Å². The fraction of sp³-hybridized carbons (Fsp3) is 0.556. The minimum Gasteiger partial charge on any atom is -0.497 e. The molecule has 0 aliphatic carbocycles. The number of piperidine rings is 1. The van der Waals surface area contributed by atoms with Gasteiger partial charge in [-0.2, -0.15) is 9.29 Å². The fourth-order valence-corrected chi connectivity index (χ4v) is 4.56. The van der Waals surface area contributed by atoms with Crippen LogP contribution in [0.5, 0.6) is 5.75 Å². The first-order valence-corrected chi connectivity index (χ1v) is 10.5. The van der Waals surface area contributed by atoms with Crippen LogP contribution in [-0.4, -0.2) is 63.4 Å². The van der Waals surface area contributed by atoms with Crippen molar-refractivity contribution in [3.63, 3.8) is 0 Å². The van der Waals surface area contributed by atoms with Crippen molar-refractivity contribution in [1.82, 2.24) is 14.4 Å². The first-order valence-electron chi connectivity index (χ1n) is 9.08. The molecule has 10 heteroatoms. The van der Waals surface area contributed by atoms with Gasteiger partial charge in [-0.25, -0.2) is 8.42 Å². The molecule has 3 rings (SSSR count). The highest BCUT2D eigenvalue weighted by Crippen LogP contribution is 2.30. The summed E-state index contributed by atoms with van der Waals surface area (Å²) in [6.45, 7) is 1.99. The molecule has 0 unspecified atom stereocenters. The Morgan fingerprint density at radius 2 is 2.00 bits per heavy atom. The third kappa shape index (κ3) is 4.88. The maximum Gasteiger partial charge on any atom is 0.252 e. The quantitative estimate of drug-likeness (QED) is 0.576. The van der Waals surface area contributed by atoms with Gasteiger partial charge in [-0.05, 0) is 25.0 Å². The highest BCUT2D eigenvalue weighted by atomic mass is 32.2. The van der Waals surface area contributed by atoms with E-state index in [1.54, 1.807) is 25.3 Å². The van der Waals surface area contributed by atoms with Crippen LogP contribution in [0.3, 0.4) is 0 Å². The normalized spacial score (nSPS) is 16.4. The minimum absolute atomic E-state index is 0.0632. The van der Waals surface area contributed by atoms with E-state index in [1.165, 1.54) is 17.5 Å². The maximum atomic E-state index is 12.9. The van der Waals surface area contributed by atoms with Crippen LogP contribution in [-0.2, 0) is 26.1 Å². The Morgan fingerprint density at radius 1 is 1.21 bits per heavy atom. The Labute approximate surface area is 164 Å².